The van der Waals surface area contributed by atoms with Crippen molar-refractivity contribution < 1.29 is 13.2 Å². The van der Waals surface area contributed by atoms with Gasteiger partial charge < -0.3 is 9.47 Å². The lowest BCUT2D eigenvalue weighted by molar-refractivity contribution is -0.132. The number of halogens is 4. The van der Waals surface area contributed by atoms with Gasteiger partial charge >= 0.3 is 6.18 Å². The molecule has 1 aromatic carbocycles. The van der Waals surface area contributed by atoms with Crippen LogP contribution in [0.3, 0.4) is 0 Å². The molecular formula is C17H17ClF3N5O. The molecule has 10 heteroatoms. The molecule has 6 nitrogen and oxygen atoms in total. The molecule has 0 unspecified atom stereocenters. The number of aromatic nitrogens is 4. The summed E-state index contributed by atoms with van der Waals surface area (Å²) in [4.78, 5) is 22.9. The Hall–Kier alpha value is -2.55. The van der Waals surface area contributed by atoms with Gasteiger partial charge in [-0.1, -0.05) is 11.6 Å². The number of imidazole rings is 1. The summed E-state index contributed by atoms with van der Waals surface area (Å²) >= 11 is 5.90. The molecule has 0 atom stereocenters. The molecular weight excluding hydrogens is 383 g/mol. The van der Waals surface area contributed by atoms with E-state index in [1.165, 1.54) is 22.8 Å². The lowest BCUT2D eigenvalue weighted by Gasteiger charge is -2.23. The quantitative estimate of drug-likeness (QED) is 0.657. The number of hydrogen-bond acceptors (Lipinski definition) is 4. The second kappa shape index (κ2) is 7.22. The van der Waals surface area contributed by atoms with Crippen LogP contribution in [0.25, 0.3) is 16.9 Å². The molecule has 0 aliphatic carbocycles. The summed E-state index contributed by atoms with van der Waals surface area (Å²) < 4.78 is 40.9. The predicted octanol–water partition coefficient (Wildman–Crippen LogP) is 3.64. The standard InChI is InChI=1S/C17H17ClF3N5O/c1-3-25-10-22-13-14(25)23-16(24(2)9-8-17(19,20)21)26(15(13)27)12-6-4-11(18)5-7-12/h4-7,10H,3,8-9H2,1-2H3. The molecule has 0 saturated carbocycles. The van der Waals surface area contributed by atoms with E-state index < -0.39 is 18.2 Å². The van der Waals surface area contributed by atoms with Gasteiger partial charge in [0.15, 0.2) is 11.2 Å². The Bertz CT molecular complexity index is 1010. The molecule has 144 valence electrons. The van der Waals surface area contributed by atoms with Gasteiger partial charge in [0.1, 0.15) is 0 Å². The number of rotatable bonds is 5. The second-order valence-corrected chi connectivity index (χ2v) is 6.45. The van der Waals surface area contributed by atoms with Gasteiger partial charge in [0.05, 0.1) is 18.4 Å². The lowest BCUT2D eigenvalue weighted by Crippen LogP contribution is -2.32. The number of nitrogens with zero attached hydrogens (tertiary/aromatic N) is 5. The van der Waals surface area contributed by atoms with Gasteiger partial charge in [-0.3, -0.25) is 4.79 Å². The molecule has 0 saturated heterocycles. The fraction of sp³-hybridized carbons (Fsp3) is 0.353. The van der Waals surface area contributed by atoms with E-state index >= 15 is 0 Å². The zero-order valence-electron chi connectivity index (χ0n) is 14.7. The van der Waals surface area contributed by atoms with Crippen molar-refractivity contribution >= 4 is 28.7 Å². The molecule has 0 aliphatic heterocycles. The van der Waals surface area contributed by atoms with Gasteiger partial charge in [-0.05, 0) is 31.2 Å². The third-order valence-electron chi connectivity index (χ3n) is 4.12. The molecule has 2 heterocycles. The Balaban J connectivity index is 2.20. The largest absolute Gasteiger partial charge is 0.390 e. The number of aryl methyl sites for hydroxylation is 1. The highest BCUT2D eigenvalue weighted by molar-refractivity contribution is 6.30. The number of fused-ring (bicyclic) bond motifs is 1. The van der Waals surface area contributed by atoms with Gasteiger partial charge in [0.2, 0.25) is 5.95 Å². The van der Waals surface area contributed by atoms with E-state index in [1.54, 1.807) is 28.8 Å². The minimum atomic E-state index is -4.31. The van der Waals surface area contributed by atoms with Gasteiger partial charge in [-0.25, -0.2) is 9.55 Å². The highest BCUT2D eigenvalue weighted by Gasteiger charge is 2.28. The van der Waals surface area contributed by atoms with Crippen LogP contribution in [-0.4, -0.2) is 38.9 Å². The molecule has 0 radical (unpaired) electrons. The first-order chi connectivity index (χ1) is 12.7. The lowest BCUT2D eigenvalue weighted by atomic mass is 10.3. The van der Waals surface area contributed by atoms with E-state index in [0.29, 0.717) is 22.9 Å². The van der Waals surface area contributed by atoms with Crippen molar-refractivity contribution in [3.05, 3.63) is 46.0 Å². The van der Waals surface area contributed by atoms with E-state index in [4.69, 9.17) is 11.6 Å². The monoisotopic (exact) mass is 399 g/mol. The zero-order valence-corrected chi connectivity index (χ0v) is 15.4. The summed E-state index contributed by atoms with van der Waals surface area (Å²) in [6.45, 7) is 2.05. The Morgan fingerprint density at radius 2 is 1.89 bits per heavy atom. The molecule has 0 fully saturated rings. The van der Waals surface area contributed by atoms with Crippen molar-refractivity contribution in [1.82, 2.24) is 19.1 Å². The Morgan fingerprint density at radius 1 is 1.22 bits per heavy atom. The molecule has 27 heavy (non-hydrogen) atoms. The summed E-state index contributed by atoms with van der Waals surface area (Å²) in [5, 5.41) is 0.475. The zero-order chi connectivity index (χ0) is 19.8. The number of anilines is 1. The van der Waals surface area contributed by atoms with Crippen molar-refractivity contribution in [1.29, 1.82) is 0 Å². The summed E-state index contributed by atoms with van der Waals surface area (Å²) in [6.07, 6.45) is -3.84. The first-order valence-electron chi connectivity index (χ1n) is 8.23. The van der Waals surface area contributed by atoms with Crippen molar-refractivity contribution in [3.8, 4) is 5.69 Å². The fourth-order valence-electron chi connectivity index (χ4n) is 2.69. The maximum atomic E-state index is 13.0. The third-order valence-corrected chi connectivity index (χ3v) is 4.37. The van der Waals surface area contributed by atoms with Crippen LogP contribution in [0.5, 0.6) is 0 Å². The third kappa shape index (κ3) is 3.92. The fourth-order valence-corrected chi connectivity index (χ4v) is 2.82. The van der Waals surface area contributed by atoms with Crippen LogP contribution < -0.4 is 10.5 Å². The maximum absolute atomic E-state index is 13.0. The average Bonchev–Trinajstić information content (AvgIpc) is 3.03. The first kappa shape index (κ1) is 19.2. The molecule has 2 aromatic heterocycles. The summed E-state index contributed by atoms with van der Waals surface area (Å²) in [5.41, 5.74) is 0.475. The topological polar surface area (TPSA) is 56.0 Å². The molecule has 3 rings (SSSR count). The van der Waals surface area contributed by atoms with Crippen molar-refractivity contribution in [2.75, 3.05) is 18.5 Å². The van der Waals surface area contributed by atoms with Gasteiger partial charge in [0.25, 0.3) is 5.56 Å². The maximum Gasteiger partial charge on any atom is 0.390 e. The Kier molecular flexibility index (Phi) is 5.14. The summed E-state index contributed by atoms with van der Waals surface area (Å²) in [6, 6.07) is 6.40. The predicted molar refractivity (Wildman–Crippen MR) is 97.8 cm³/mol. The molecule has 3 aromatic rings. The highest BCUT2D eigenvalue weighted by Crippen LogP contribution is 2.23. The van der Waals surface area contributed by atoms with Crippen LogP contribution in [0.4, 0.5) is 19.1 Å². The Labute approximate surface area is 157 Å². The Morgan fingerprint density at radius 3 is 2.48 bits per heavy atom. The van der Waals surface area contributed by atoms with Gasteiger partial charge in [-0.2, -0.15) is 18.2 Å². The van der Waals surface area contributed by atoms with Gasteiger partial charge in [0, 0.05) is 25.2 Å². The second-order valence-electron chi connectivity index (χ2n) is 6.02. The SMILES string of the molecule is CCn1cnc2c(=O)n(-c3ccc(Cl)cc3)c(N(C)CCC(F)(F)F)nc21. The first-order valence-corrected chi connectivity index (χ1v) is 8.60. The molecule has 0 amide bonds. The van der Waals surface area contributed by atoms with Gasteiger partial charge in [-0.15, -0.1) is 0 Å². The molecule has 0 aliphatic rings. The molecule has 0 bridgehead atoms. The van der Waals surface area contributed by atoms with E-state index in [1.807, 2.05) is 6.92 Å². The number of hydrogen-bond donors (Lipinski definition) is 0. The smallest absolute Gasteiger partial charge is 0.345 e. The highest BCUT2D eigenvalue weighted by atomic mass is 35.5. The number of alkyl halides is 3. The van der Waals surface area contributed by atoms with Crippen LogP contribution in [-0.2, 0) is 6.54 Å². The van der Waals surface area contributed by atoms with Crippen molar-refractivity contribution in [2.24, 2.45) is 0 Å². The van der Waals surface area contributed by atoms with E-state index in [2.05, 4.69) is 9.97 Å². The van der Waals surface area contributed by atoms with Crippen LogP contribution in [0.2, 0.25) is 5.02 Å². The van der Waals surface area contributed by atoms with E-state index in [-0.39, 0.29) is 18.0 Å². The van der Waals surface area contributed by atoms with Crippen LogP contribution in [0, 0.1) is 0 Å². The summed E-state index contributed by atoms with van der Waals surface area (Å²) in [7, 11) is 1.47. The van der Waals surface area contributed by atoms with Crippen molar-refractivity contribution in [2.45, 2.75) is 26.1 Å². The van der Waals surface area contributed by atoms with Crippen LogP contribution in [0.15, 0.2) is 35.4 Å². The summed E-state index contributed by atoms with van der Waals surface area (Å²) in [5.74, 6) is 0.106. The molecule has 0 N–H and O–H groups in total. The molecule has 0 spiro atoms. The average molecular weight is 400 g/mol. The normalized spacial score (nSPS) is 11.9. The van der Waals surface area contributed by atoms with Crippen molar-refractivity contribution in [3.63, 3.8) is 0 Å². The van der Waals surface area contributed by atoms with Crippen LogP contribution in [0.1, 0.15) is 13.3 Å². The minimum Gasteiger partial charge on any atom is -0.345 e. The number of benzene rings is 1. The van der Waals surface area contributed by atoms with Crippen LogP contribution >= 0.6 is 11.6 Å². The van der Waals surface area contributed by atoms with E-state index in [0.717, 1.165) is 0 Å². The minimum absolute atomic E-state index is 0.106. The van der Waals surface area contributed by atoms with E-state index in [9.17, 15) is 18.0 Å².